The van der Waals surface area contributed by atoms with Crippen LogP contribution in [0, 0.1) is 17.0 Å². The Balaban J connectivity index is 3.03. The largest absolute Gasteiger partial charge is 0.468 e. The van der Waals surface area contributed by atoms with Gasteiger partial charge in [-0.2, -0.15) is 5.10 Å². The van der Waals surface area contributed by atoms with Crippen molar-refractivity contribution in [3.8, 4) is 0 Å². The maximum absolute atomic E-state index is 11.1. The Morgan fingerprint density at radius 2 is 2.28 bits per heavy atom. The van der Waals surface area contributed by atoms with E-state index in [0.29, 0.717) is 12.2 Å². The van der Waals surface area contributed by atoms with Gasteiger partial charge in [0.2, 0.25) is 5.82 Å². The fourth-order valence-electron chi connectivity index (χ4n) is 1.57. The van der Waals surface area contributed by atoms with Gasteiger partial charge in [0, 0.05) is 6.54 Å². The molecule has 18 heavy (non-hydrogen) atoms. The first kappa shape index (κ1) is 13.9. The Bertz CT molecular complexity index is 455. The van der Waals surface area contributed by atoms with Crippen LogP contribution in [0.25, 0.3) is 0 Å². The zero-order valence-corrected chi connectivity index (χ0v) is 10.6. The molecule has 0 amide bonds. The molecule has 1 N–H and O–H groups in total. The molecular weight excluding hydrogens is 240 g/mol. The van der Waals surface area contributed by atoms with Gasteiger partial charge < -0.3 is 10.1 Å². The quantitative estimate of drug-likeness (QED) is 0.464. The number of carbonyl (C=O) groups is 1. The predicted molar refractivity (Wildman–Crippen MR) is 64.4 cm³/mol. The van der Waals surface area contributed by atoms with Gasteiger partial charge in [-0.3, -0.25) is 14.9 Å². The number of hydrogen-bond donors (Lipinski definition) is 1. The number of nitrogens with one attached hydrogen (secondary N) is 1. The van der Waals surface area contributed by atoms with Gasteiger partial charge >= 0.3 is 11.7 Å². The van der Waals surface area contributed by atoms with E-state index in [1.165, 1.54) is 11.8 Å². The molecule has 0 spiro atoms. The van der Waals surface area contributed by atoms with E-state index >= 15 is 0 Å². The van der Waals surface area contributed by atoms with E-state index in [1.807, 2.05) is 6.92 Å². The number of esters is 1. The van der Waals surface area contributed by atoms with Gasteiger partial charge in [0.05, 0.1) is 12.0 Å². The molecule has 0 saturated heterocycles. The number of nitrogens with zero attached hydrogens (tertiary/aromatic N) is 3. The lowest BCUT2D eigenvalue weighted by molar-refractivity contribution is -0.384. The average molecular weight is 256 g/mol. The molecule has 0 fully saturated rings. The van der Waals surface area contributed by atoms with Crippen LogP contribution in [0.4, 0.5) is 11.5 Å². The molecule has 1 aromatic heterocycles. The van der Waals surface area contributed by atoms with E-state index in [1.54, 1.807) is 6.92 Å². The van der Waals surface area contributed by atoms with E-state index < -0.39 is 10.9 Å². The van der Waals surface area contributed by atoms with Crippen molar-refractivity contribution >= 4 is 17.5 Å². The zero-order valence-electron chi connectivity index (χ0n) is 10.6. The van der Waals surface area contributed by atoms with Crippen molar-refractivity contribution in [2.45, 2.75) is 26.8 Å². The van der Waals surface area contributed by atoms with Crippen molar-refractivity contribution in [3.63, 3.8) is 0 Å². The SMILES string of the molecule is CCCn1nc(C)c([N+](=O)[O-])c1NCC(=O)OC. The number of aromatic nitrogens is 2. The summed E-state index contributed by atoms with van der Waals surface area (Å²) < 4.78 is 5.97. The maximum atomic E-state index is 11.1. The molecule has 1 heterocycles. The minimum Gasteiger partial charge on any atom is -0.468 e. The van der Waals surface area contributed by atoms with Crippen molar-refractivity contribution in [3.05, 3.63) is 15.8 Å². The molecule has 0 atom stereocenters. The first-order valence-corrected chi connectivity index (χ1v) is 5.53. The molecule has 100 valence electrons. The van der Waals surface area contributed by atoms with Gasteiger partial charge in [0.25, 0.3) is 0 Å². The highest BCUT2D eigenvalue weighted by molar-refractivity contribution is 5.76. The normalized spacial score (nSPS) is 10.2. The lowest BCUT2D eigenvalue weighted by atomic mass is 10.4. The van der Waals surface area contributed by atoms with Gasteiger partial charge in [-0.15, -0.1) is 0 Å². The monoisotopic (exact) mass is 256 g/mol. The third-order valence-corrected chi connectivity index (χ3v) is 2.34. The molecule has 0 bridgehead atoms. The number of aryl methyl sites for hydroxylation is 2. The highest BCUT2D eigenvalue weighted by atomic mass is 16.6. The lowest BCUT2D eigenvalue weighted by Crippen LogP contribution is -2.18. The molecule has 8 nitrogen and oxygen atoms in total. The van der Waals surface area contributed by atoms with Crippen LogP contribution in [-0.4, -0.2) is 34.3 Å². The second-order valence-corrected chi connectivity index (χ2v) is 3.69. The summed E-state index contributed by atoms with van der Waals surface area (Å²) in [5.74, 6) is -0.254. The molecule has 0 radical (unpaired) electrons. The second kappa shape index (κ2) is 5.99. The summed E-state index contributed by atoms with van der Waals surface area (Å²) >= 11 is 0. The van der Waals surface area contributed by atoms with Crippen LogP contribution < -0.4 is 5.32 Å². The van der Waals surface area contributed by atoms with Crippen LogP contribution in [0.1, 0.15) is 19.0 Å². The summed E-state index contributed by atoms with van der Waals surface area (Å²) in [7, 11) is 1.26. The average Bonchev–Trinajstić information content (AvgIpc) is 2.62. The Morgan fingerprint density at radius 3 is 2.78 bits per heavy atom. The van der Waals surface area contributed by atoms with Crippen molar-refractivity contribution in [1.82, 2.24) is 9.78 Å². The van der Waals surface area contributed by atoms with Crippen molar-refractivity contribution in [1.29, 1.82) is 0 Å². The van der Waals surface area contributed by atoms with Crippen LogP contribution in [-0.2, 0) is 16.1 Å². The third kappa shape index (κ3) is 2.96. The number of carbonyl (C=O) groups excluding carboxylic acids is 1. The topological polar surface area (TPSA) is 99.3 Å². The summed E-state index contributed by atoms with van der Waals surface area (Å²) in [6, 6.07) is 0. The Labute approximate surface area is 104 Å². The van der Waals surface area contributed by atoms with Crippen LogP contribution >= 0.6 is 0 Å². The van der Waals surface area contributed by atoms with E-state index in [4.69, 9.17) is 0 Å². The van der Waals surface area contributed by atoms with Crippen LogP contribution in [0.2, 0.25) is 0 Å². The first-order valence-electron chi connectivity index (χ1n) is 5.53. The molecule has 0 aliphatic rings. The van der Waals surface area contributed by atoms with E-state index in [-0.39, 0.29) is 18.1 Å². The van der Waals surface area contributed by atoms with E-state index in [9.17, 15) is 14.9 Å². The molecule has 1 aromatic rings. The summed E-state index contributed by atoms with van der Waals surface area (Å²) in [5.41, 5.74) is 0.216. The maximum Gasteiger partial charge on any atom is 0.333 e. The van der Waals surface area contributed by atoms with Crippen LogP contribution in [0.3, 0.4) is 0 Å². The molecule has 0 aliphatic heterocycles. The summed E-state index contributed by atoms with van der Waals surface area (Å²) in [6.07, 6.45) is 0.783. The highest BCUT2D eigenvalue weighted by Crippen LogP contribution is 2.28. The standard InChI is InChI=1S/C10H16N4O4/c1-4-5-13-10(11-6-8(15)18-3)9(14(16)17)7(2)12-13/h11H,4-6H2,1-3H3. The minimum atomic E-state index is -0.506. The number of nitro groups is 1. The molecule has 0 unspecified atom stereocenters. The van der Waals surface area contributed by atoms with Gasteiger partial charge in [-0.1, -0.05) is 6.92 Å². The molecule has 1 rings (SSSR count). The molecule has 0 aliphatic carbocycles. The van der Waals surface area contributed by atoms with Gasteiger partial charge in [-0.05, 0) is 13.3 Å². The Morgan fingerprint density at radius 1 is 1.61 bits per heavy atom. The first-order chi connectivity index (χ1) is 8.51. The number of anilines is 1. The Hall–Kier alpha value is -2.12. The number of hydrogen-bond acceptors (Lipinski definition) is 6. The molecule has 0 aromatic carbocycles. The summed E-state index contributed by atoms with van der Waals surface area (Å²) in [6.45, 7) is 3.91. The van der Waals surface area contributed by atoms with Crippen molar-refractivity contribution in [2.24, 2.45) is 0 Å². The predicted octanol–water partition coefficient (Wildman–Crippen LogP) is 1.09. The van der Waals surface area contributed by atoms with Crippen LogP contribution in [0.15, 0.2) is 0 Å². The molecule has 0 saturated carbocycles. The van der Waals surface area contributed by atoms with Crippen molar-refractivity contribution in [2.75, 3.05) is 19.0 Å². The van der Waals surface area contributed by atoms with Gasteiger partial charge in [0.1, 0.15) is 12.2 Å². The van der Waals surface area contributed by atoms with E-state index in [2.05, 4.69) is 15.2 Å². The lowest BCUT2D eigenvalue weighted by Gasteiger charge is -2.07. The second-order valence-electron chi connectivity index (χ2n) is 3.69. The number of methoxy groups -OCH3 is 1. The number of rotatable bonds is 6. The minimum absolute atomic E-state index is 0.104. The third-order valence-electron chi connectivity index (χ3n) is 2.34. The van der Waals surface area contributed by atoms with Gasteiger partial charge in [-0.25, -0.2) is 4.68 Å². The fourth-order valence-corrected chi connectivity index (χ4v) is 1.57. The zero-order chi connectivity index (χ0) is 13.7. The van der Waals surface area contributed by atoms with Crippen LogP contribution in [0.5, 0.6) is 0 Å². The summed E-state index contributed by atoms with van der Waals surface area (Å²) in [5, 5.41) is 17.8. The number of ether oxygens (including phenoxy) is 1. The molecule has 8 heteroatoms. The summed E-state index contributed by atoms with van der Waals surface area (Å²) in [4.78, 5) is 21.5. The van der Waals surface area contributed by atoms with E-state index in [0.717, 1.165) is 6.42 Å². The van der Waals surface area contributed by atoms with Gasteiger partial charge in [0.15, 0.2) is 0 Å². The Kier molecular flexibility index (Phi) is 4.64. The highest BCUT2D eigenvalue weighted by Gasteiger charge is 2.25. The van der Waals surface area contributed by atoms with Crippen molar-refractivity contribution < 1.29 is 14.5 Å². The smallest absolute Gasteiger partial charge is 0.333 e. The molecular formula is C10H16N4O4. The fraction of sp³-hybridized carbons (Fsp3) is 0.600.